The first-order chi connectivity index (χ1) is 6.84. The van der Waals surface area contributed by atoms with Gasteiger partial charge in [-0.05, 0) is 17.9 Å². The molecule has 0 atom stereocenters. The zero-order valence-electron chi connectivity index (χ0n) is 7.36. The smallest absolute Gasteiger partial charge is 0.319 e. The molecule has 0 aliphatic heterocycles. The third-order valence-electron chi connectivity index (χ3n) is 1.10. The van der Waals surface area contributed by atoms with E-state index < -0.39 is 6.72 Å². The quantitative estimate of drug-likeness (QED) is 0.267. The Morgan fingerprint density at radius 2 is 1.73 bits per heavy atom. The van der Waals surface area contributed by atoms with Gasteiger partial charge in [0.2, 0.25) is 0 Å². The molecule has 84 valence electrons. The van der Waals surface area contributed by atoms with Gasteiger partial charge in [0.05, 0.1) is 6.21 Å². The molecule has 1 aromatic carbocycles. The van der Waals surface area contributed by atoms with Crippen LogP contribution in [0.5, 0.6) is 0 Å². The predicted octanol–water partition coefficient (Wildman–Crippen LogP) is 1.34. The Morgan fingerprint density at radius 1 is 1.27 bits per heavy atom. The first-order valence-electron chi connectivity index (χ1n) is 3.55. The van der Waals surface area contributed by atoms with E-state index in [-0.39, 0.29) is 0 Å². The lowest BCUT2D eigenvalue weighted by Gasteiger charge is -1.92. The molecule has 0 radical (unpaired) electrons. The van der Waals surface area contributed by atoms with Crippen LogP contribution >= 0.6 is 18.3 Å². The number of hydrogen-bond donors (Lipinski definition) is 4. The van der Waals surface area contributed by atoms with Crippen LogP contribution in [-0.2, 0) is 11.8 Å². The molecule has 0 aromatic heterocycles. The highest BCUT2D eigenvalue weighted by Crippen LogP contribution is 2.26. The van der Waals surface area contributed by atoms with E-state index in [0.29, 0.717) is 10.6 Å². The van der Waals surface area contributed by atoms with Crippen molar-refractivity contribution in [2.24, 2.45) is 5.16 Å². The maximum atomic E-state index is 8.15. The average Bonchev–Trinajstić information content (AvgIpc) is 2.06. The van der Waals surface area contributed by atoms with Gasteiger partial charge in [-0.2, -0.15) is 0 Å². The summed E-state index contributed by atoms with van der Waals surface area (Å²) in [7, 11) is 0. The molecule has 15 heavy (non-hydrogen) atoms. The van der Waals surface area contributed by atoms with Gasteiger partial charge in [0.1, 0.15) is 0 Å². The summed E-state index contributed by atoms with van der Waals surface area (Å²) < 4.78 is 0. The van der Waals surface area contributed by atoms with Gasteiger partial charge in [-0.25, -0.2) is 0 Å². The van der Waals surface area contributed by atoms with Crippen LogP contribution < -0.4 is 0 Å². The molecular formula is C7H9ClNO4PS. The second-order valence-electron chi connectivity index (χ2n) is 2.28. The SMILES string of the molecule is ON=Cc1ccccc1Cl.OP(O)(O)=S. The molecule has 0 aliphatic rings. The molecule has 0 saturated heterocycles. The molecule has 8 heteroatoms. The molecule has 1 rings (SSSR count). The average molecular weight is 270 g/mol. The van der Waals surface area contributed by atoms with Crippen LogP contribution in [0.1, 0.15) is 5.56 Å². The Hall–Kier alpha value is -0.490. The maximum absolute atomic E-state index is 8.15. The monoisotopic (exact) mass is 269 g/mol. The van der Waals surface area contributed by atoms with E-state index >= 15 is 0 Å². The lowest BCUT2D eigenvalue weighted by Crippen LogP contribution is -1.80. The molecule has 0 fully saturated rings. The van der Waals surface area contributed by atoms with Crippen LogP contribution in [-0.4, -0.2) is 26.1 Å². The van der Waals surface area contributed by atoms with E-state index in [1.165, 1.54) is 6.21 Å². The first-order valence-corrected chi connectivity index (χ1v) is 6.58. The van der Waals surface area contributed by atoms with Crippen molar-refractivity contribution >= 4 is 36.3 Å². The van der Waals surface area contributed by atoms with Gasteiger partial charge >= 0.3 is 6.72 Å². The van der Waals surface area contributed by atoms with Gasteiger partial charge in [-0.1, -0.05) is 35.0 Å². The van der Waals surface area contributed by atoms with Crippen molar-refractivity contribution in [1.29, 1.82) is 0 Å². The van der Waals surface area contributed by atoms with E-state index in [9.17, 15) is 0 Å². The highest BCUT2D eigenvalue weighted by atomic mass is 35.5. The van der Waals surface area contributed by atoms with Crippen molar-refractivity contribution in [3.8, 4) is 0 Å². The Kier molecular flexibility index (Phi) is 6.67. The highest BCUT2D eigenvalue weighted by Gasteiger charge is 1.92. The van der Waals surface area contributed by atoms with Crippen molar-refractivity contribution in [3.05, 3.63) is 34.9 Å². The summed E-state index contributed by atoms with van der Waals surface area (Å²) in [6.07, 6.45) is 1.29. The fourth-order valence-electron chi connectivity index (χ4n) is 0.642. The maximum Gasteiger partial charge on any atom is 0.319 e. The summed E-state index contributed by atoms with van der Waals surface area (Å²) in [6.45, 7) is -3.81. The second-order valence-corrected chi connectivity index (χ2v) is 5.18. The lowest BCUT2D eigenvalue weighted by atomic mass is 10.2. The van der Waals surface area contributed by atoms with Crippen LogP contribution in [0.2, 0.25) is 5.02 Å². The van der Waals surface area contributed by atoms with Gasteiger partial charge in [-0.3, -0.25) is 0 Å². The fraction of sp³-hybridized carbons (Fsp3) is 0. The highest BCUT2D eigenvalue weighted by molar-refractivity contribution is 8.06. The van der Waals surface area contributed by atoms with Crippen molar-refractivity contribution < 1.29 is 19.9 Å². The minimum Gasteiger partial charge on any atom is -0.411 e. The number of nitrogens with zero attached hydrogens (tertiary/aromatic N) is 1. The molecule has 0 bridgehead atoms. The van der Waals surface area contributed by atoms with E-state index in [4.69, 9.17) is 31.5 Å². The van der Waals surface area contributed by atoms with Crippen LogP contribution in [0.3, 0.4) is 0 Å². The summed E-state index contributed by atoms with van der Waals surface area (Å²) in [5, 5.41) is 11.6. The molecule has 0 unspecified atom stereocenters. The van der Waals surface area contributed by atoms with Gasteiger partial charge in [-0.15, -0.1) is 0 Å². The molecule has 0 spiro atoms. The minimum absolute atomic E-state index is 0.584. The normalized spacial score (nSPS) is 10.9. The zero-order chi connectivity index (χ0) is 11.9. The summed E-state index contributed by atoms with van der Waals surface area (Å²) in [5.74, 6) is 0. The topological polar surface area (TPSA) is 93.3 Å². The fourth-order valence-corrected chi connectivity index (χ4v) is 0.827. The van der Waals surface area contributed by atoms with Crippen LogP contribution in [0, 0.1) is 0 Å². The van der Waals surface area contributed by atoms with Gasteiger partial charge in [0, 0.05) is 10.6 Å². The Morgan fingerprint density at radius 3 is 2.13 bits per heavy atom. The molecule has 0 amide bonds. The molecule has 0 aliphatic carbocycles. The molecule has 1 aromatic rings. The largest absolute Gasteiger partial charge is 0.411 e. The van der Waals surface area contributed by atoms with Crippen LogP contribution in [0.15, 0.2) is 29.4 Å². The Balaban J connectivity index is 0.000000336. The van der Waals surface area contributed by atoms with E-state index in [1.807, 2.05) is 12.1 Å². The molecule has 0 heterocycles. The predicted molar refractivity (Wildman–Crippen MR) is 61.8 cm³/mol. The van der Waals surface area contributed by atoms with Crippen LogP contribution in [0.4, 0.5) is 0 Å². The van der Waals surface area contributed by atoms with Gasteiger partial charge in [0.15, 0.2) is 0 Å². The number of halogens is 1. The van der Waals surface area contributed by atoms with Crippen molar-refractivity contribution in [3.63, 3.8) is 0 Å². The van der Waals surface area contributed by atoms with Crippen molar-refractivity contribution in [2.45, 2.75) is 0 Å². The number of benzene rings is 1. The Labute approximate surface area is 96.5 Å². The molecule has 5 nitrogen and oxygen atoms in total. The van der Waals surface area contributed by atoms with Crippen molar-refractivity contribution in [2.75, 3.05) is 0 Å². The second kappa shape index (κ2) is 6.90. The summed E-state index contributed by atoms with van der Waals surface area (Å²) in [4.78, 5) is 22.7. The standard InChI is InChI=1S/C7H6ClNO.H3O3PS/c8-7-4-2-1-3-6(7)5-9-10;1-4(2,3)5/h1-5,10H;(H3,1,2,3,5). The molecular weight excluding hydrogens is 261 g/mol. The van der Waals surface area contributed by atoms with Crippen molar-refractivity contribution in [1.82, 2.24) is 0 Å². The summed E-state index contributed by atoms with van der Waals surface area (Å²) in [6, 6.07) is 7.14. The number of rotatable bonds is 1. The van der Waals surface area contributed by atoms with E-state index in [0.717, 1.165) is 0 Å². The van der Waals surface area contributed by atoms with Gasteiger partial charge < -0.3 is 19.9 Å². The molecule has 0 saturated carbocycles. The third kappa shape index (κ3) is 9.81. The number of oxime groups is 1. The zero-order valence-corrected chi connectivity index (χ0v) is 9.82. The van der Waals surface area contributed by atoms with E-state index in [2.05, 4.69) is 17.0 Å². The first kappa shape index (κ1) is 14.5. The summed E-state index contributed by atoms with van der Waals surface area (Å²) in [5.41, 5.74) is 0.715. The summed E-state index contributed by atoms with van der Waals surface area (Å²) >= 11 is 9.30. The van der Waals surface area contributed by atoms with E-state index in [1.54, 1.807) is 12.1 Å². The van der Waals surface area contributed by atoms with Gasteiger partial charge in [0.25, 0.3) is 0 Å². The molecule has 4 N–H and O–H groups in total. The van der Waals surface area contributed by atoms with Crippen LogP contribution in [0.25, 0.3) is 0 Å². The Bertz CT molecular complexity index is 373. The lowest BCUT2D eigenvalue weighted by molar-refractivity contribution is 0.322. The third-order valence-corrected chi connectivity index (χ3v) is 1.45. The number of hydrogen-bond acceptors (Lipinski definition) is 3. The minimum atomic E-state index is -3.81.